The number of benzene rings is 2. The molecule has 0 radical (unpaired) electrons. The third-order valence-electron chi connectivity index (χ3n) is 5.08. The number of hydrogen-bond acceptors (Lipinski definition) is 4. The van der Waals surface area contributed by atoms with E-state index in [1.807, 2.05) is 6.92 Å². The number of carboxylic acid groups (broad SMARTS) is 1. The van der Waals surface area contributed by atoms with Crippen LogP contribution >= 0.6 is 11.3 Å². The van der Waals surface area contributed by atoms with E-state index in [9.17, 15) is 18.0 Å². The predicted molar refractivity (Wildman–Crippen MR) is 116 cm³/mol. The highest BCUT2D eigenvalue weighted by Crippen LogP contribution is 2.43. The minimum Gasteiger partial charge on any atom is -0.488 e. The Hall–Kier alpha value is -3.26. The maximum absolute atomic E-state index is 13.6. The second kappa shape index (κ2) is 8.70. The van der Waals surface area contributed by atoms with Crippen molar-refractivity contribution in [1.82, 2.24) is 0 Å². The molecule has 0 bridgehead atoms. The molecule has 0 unspecified atom stereocenters. The van der Waals surface area contributed by atoms with E-state index >= 15 is 0 Å². The van der Waals surface area contributed by atoms with Crippen molar-refractivity contribution in [2.45, 2.75) is 32.5 Å². The van der Waals surface area contributed by atoms with Crippen LogP contribution in [0.4, 0.5) is 13.2 Å². The summed E-state index contributed by atoms with van der Waals surface area (Å²) in [5, 5.41) is 9.72. The van der Waals surface area contributed by atoms with Crippen molar-refractivity contribution in [3.05, 3.63) is 75.7 Å². The van der Waals surface area contributed by atoms with E-state index < -0.39 is 17.0 Å². The number of aliphatic carboxylic acids is 1. The Bertz CT molecular complexity index is 1260. The molecule has 2 aromatic heterocycles. The number of aryl methyl sites for hydroxylation is 2. The van der Waals surface area contributed by atoms with E-state index in [0.29, 0.717) is 38.9 Å². The van der Waals surface area contributed by atoms with Gasteiger partial charge in [-0.05, 0) is 36.2 Å². The second-order valence-electron chi connectivity index (χ2n) is 7.31. The molecule has 0 aliphatic rings. The molecule has 8 heteroatoms. The lowest BCUT2D eigenvalue weighted by Crippen LogP contribution is -2.03. The highest BCUT2D eigenvalue weighted by molar-refractivity contribution is 7.12. The lowest BCUT2D eigenvalue weighted by molar-refractivity contribution is -0.137. The molecule has 4 rings (SSSR count). The summed E-state index contributed by atoms with van der Waals surface area (Å²) < 4.78 is 52.2. The van der Waals surface area contributed by atoms with E-state index in [0.717, 1.165) is 10.9 Å². The van der Waals surface area contributed by atoms with E-state index in [4.69, 9.17) is 14.3 Å². The average molecular weight is 460 g/mol. The van der Waals surface area contributed by atoms with E-state index in [-0.39, 0.29) is 25.0 Å². The fraction of sp³-hybridized carbons (Fsp3) is 0.208. The molecule has 4 nitrogen and oxygen atoms in total. The van der Waals surface area contributed by atoms with Crippen LogP contribution in [0.1, 0.15) is 27.5 Å². The Morgan fingerprint density at radius 3 is 2.56 bits per heavy atom. The number of fused-ring (bicyclic) bond motifs is 1. The fourth-order valence-electron chi connectivity index (χ4n) is 3.52. The largest absolute Gasteiger partial charge is 0.488 e. The molecule has 0 aliphatic heterocycles. The summed E-state index contributed by atoms with van der Waals surface area (Å²) in [4.78, 5) is 10.6. The Balaban J connectivity index is 1.55. The number of hydrogen-bond donors (Lipinski definition) is 1. The van der Waals surface area contributed by atoms with Crippen molar-refractivity contribution in [2.24, 2.45) is 0 Å². The first-order chi connectivity index (χ1) is 15.2. The number of carboxylic acids is 1. The first kappa shape index (κ1) is 22.0. The summed E-state index contributed by atoms with van der Waals surface area (Å²) in [6, 6.07) is 15.2. The van der Waals surface area contributed by atoms with Crippen LogP contribution in [0.2, 0.25) is 0 Å². The van der Waals surface area contributed by atoms with Gasteiger partial charge in [-0.25, -0.2) is 0 Å². The van der Waals surface area contributed by atoms with Crippen LogP contribution in [0.5, 0.6) is 5.75 Å². The van der Waals surface area contributed by atoms with Gasteiger partial charge in [0.2, 0.25) is 0 Å². The first-order valence-electron chi connectivity index (χ1n) is 9.84. The van der Waals surface area contributed by atoms with Crippen LogP contribution in [-0.2, 0) is 24.0 Å². The van der Waals surface area contributed by atoms with Crippen molar-refractivity contribution in [3.63, 3.8) is 0 Å². The van der Waals surface area contributed by atoms with Crippen LogP contribution in [0.25, 0.3) is 22.1 Å². The highest BCUT2D eigenvalue weighted by Gasteiger charge is 2.36. The summed E-state index contributed by atoms with van der Waals surface area (Å²) in [7, 11) is 0. The molecule has 0 atom stereocenters. The lowest BCUT2D eigenvalue weighted by Gasteiger charge is -2.07. The summed E-state index contributed by atoms with van der Waals surface area (Å²) in [5.41, 5.74) is 2.06. The number of ether oxygens (including phenoxy) is 1. The zero-order valence-electron chi connectivity index (χ0n) is 17.0. The number of thiophene rings is 1. The molecule has 0 aliphatic carbocycles. The average Bonchev–Trinajstić information content (AvgIpc) is 3.33. The van der Waals surface area contributed by atoms with Gasteiger partial charge in [-0.3, -0.25) is 4.79 Å². The van der Waals surface area contributed by atoms with Gasteiger partial charge in [0, 0.05) is 28.3 Å². The summed E-state index contributed by atoms with van der Waals surface area (Å²) >= 11 is 0.671. The number of furan rings is 1. The summed E-state index contributed by atoms with van der Waals surface area (Å²) in [6.07, 6.45) is -4.21. The van der Waals surface area contributed by atoms with Gasteiger partial charge in [-0.2, -0.15) is 13.2 Å². The van der Waals surface area contributed by atoms with Crippen molar-refractivity contribution in [1.29, 1.82) is 0 Å². The minimum atomic E-state index is -4.45. The van der Waals surface area contributed by atoms with E-state index in [1.54, 1.807) is 48.5 Å². The van der Waals surface area contributed by atoms with E-state index in [1.165, 1.54) is 6.07 Å². The zero-order chi connectivity index (χ0) is 22.9. The van der Waals surface area contributed by atoms with Crippen molar-refractivity contribution >= 4 is 28.3 Å². The first-order valence-corrected chi connectivity index (χ1v) is 10.7. The molecule has 0 spiro atoms. The Morgan fingerprint density at radius 2 is 1.88 bits per heavy atom. The fourth-order valence-corrected chi connectivity index (χ4v) is 4.47. The molecular formula is C24H19F3O4S. The topological polar surface area (TPSA) is 59.7 Å². The second-order valence-corrected chi connectivity index (χ2v) is 8.45. The maximum atomic E-state index is 13.6. The highest BCUT2D eigenvalue weighted by atomic mass is 32.1. The SMILES string of the molecule is Cc1c(CCC(=O)O)oc2cc(OCc3cc(-c4ccccc4)c(C(F)(F)F)s3)ccc12. The third-order valence-corrected chi connectivity index (χ3v) is 6.23. The molecule has 0 saturated heterocycles. The maximum Gasteiger partial charge on any atom is 0.426 e. The van der Waals surface area contributed by atoms with Crippen molar-refractivity contribution in [3.8, 4) is 16.9 Å². The van der Waals surface area contributed by atoms with Gasteiger partial charge in [0.05, 0.1) is 6.42 Å². The van der Waals surface area contributed by atoms with Gasteiger partial charge in [-0.1, -0.05) is 30.3 Å². The quantitative estimate of drug-likeness (QED) is 0.320. The molecule has 0 amide bonds. The van der Waals surface area contributed by atoms with Crippen LogP contribution < -0.4 is 4.74 Å². The van der Waals surface area contributed by atoms with Crippen LogP contribution in [-0.4, -0.2) is 11.1 Å². The normalized spacial score (nSPS) is 11.8. The van der Waals surface area contributed by atoms with Gasteiger partial charge < -0.3 is 14.3 Å². The molecule has 2 heterocycles. The zero-order valence-corrected chi connectivity index (χ0v) is 17.8. The Labute approximate surface area is 185 Å². The van der Waals surface area contributed by atoms with Gasteiger partial charge in [0.25, 0.3) is 0 Å². The molecule has 2 aromatic carbocycles. The van der Waals surface area contributed by atoms with Crippen molar-refractivity contribution < 1.29 is 32.2 Å². The summed E-state index contributed by atoms with van der Waals surface area (Å²) in [6.45, 7) is 1.84. The molecule has 0 fully saturated rings. The predicted octanol–water partition coefficient (Wildman–Crippen LogP) is 7.08. The Kier molecular flexibility index (Phi) is 5.97. The van der Waals surface area contributed by atoms with Crippen LogP contribution in [0.15, 0.2) is 59.0 Å². The third kappa shape index (κ3) is 4.65. The minimum absolute atomic E-state index is 0.0162. The van der Waals surface area contributed by atoms with Gasteiger partial charge >= 0.3 is 12.1 Å². The Morgan fingerprint density at radius 1 is 1.12 bits per heavy atom. The standard InChI is InChI=1S/C24H19F3O4S/c1-14-18-8-7-16(11-21(18)31-20(14)9-10-22(28)29)30-13-17-12-19(15-5-3-2-4-6-15)23(32-17)24(25,26)27/h2-8,11-12H,9-10,13H2,1H3,(H,28,29). The van der Waals surface area contributed by atoms with Crippen molar-refractivity contribution in [2.75, 3.05) is 0 Å². The number of halogens is 3. The number of rotatable bonds is 7. The van der Waals surface area contributed by atoms with E-state index in [2.05, 4.69) is 0 Å². The molecule has 32 heavy (non-hydrogen) atoms. The summed E-state index contributed by atoms with van der Waals surface area (Å²) in [5.74, 6) is 0.150. The molecule has 166 valence electrons. The monoisotopic (exact) mass is 460 g/mol. The molecular weight excluding hydrogens is 441 g/mol. The number of carbonyl (C=O) groups is 1. The molecule has 4 aromatic rings. The molecule has 1 N–H and O–H groups in total. The smallest absolute Gasteiger partial charge is 0.426 e. The van der Waals surface area contributed by atoms with Crippen LogP contribution in [0.3, 0.4) is 0 Å². The van der Waals surface area contributed by atoms with Gasteiger partial charge in [0.15, 0.2) is 0 Å². The lowest BCUT2D eigenvalue weighted by atomic mass is 10.1. The van der Waals surface area contributed by atoms with Gasteiger partial charge in [-0.15, -0.1) is 11.3 Å². The number of alkyl halides is 3. The van der Waals surface area contributed by atoms with Gasteiger partial charge in [0.1, 0.15) is 28.6 Å². The molecule has 0 saturated carbocycles. The van der Waals surface area contributed by atoms with Crippen LogP contribution in [0, 0.1) is 6.92 Å².